The van der Waals surface area contributed by atoms with Gasteiger partial charge in [-0.25, -0.2) is 14.4 Å². The molecule has 9 nitrogen and oxygen atoms in total. The van der Waals surface area contributed by atoms with E-state index in [4.69, 9.17) is 10.5 Å². The molecule has 1 aliphatic carbocycles. The summed E-state index contributed by atoms with van der Waals surface area (Å²) in [5.74, 6) is 0.565. The number of H-pyrrole nitrogens is 1. The predicted octanol–water partition coefficient (Wildman–Crippen LogP) is 2.10. The molecule has 0 bridgehead atoms. The van der Waals surface area contributed by atoms with E-state index in [1.54, 1.807) is 14.0 Å². The highest BCUT2D eigenvalue weighted by Crippen LogP contribution is 2.41. The van der Waals surface area contributed by atoms with Crippen molar-refractivity contribution in [1.29, 1.82) is 0 Å². The Balaban J connectivity index is 1.78. The number of ether oxygens (including phenoxy) is 1. The van der Waals surface area contributed by atoms with E-state index in [1.165, 1.54) is 18.5 Å². The highest BCUT2D eigenvalue weighted by molar-refractivity contribution is 6.13. The molecule has 4 aromatic rings. The van der Waals surface area contributed by atoms with E-state index in [0.29, 0.717) is 50.5 Å². The minimum Gasteiger partial charge on any atom is -0.421 e. The summed E-state index contributed by atoms with van der Waals surface area (Å²) in [5, 5.41) is 15.0. The molecule has 5 N–H and O–H groups in total. The van der Waals surface area contributed by atoms with Crippen molar-refractivity contribution in [2.45, 2.75) is 25.5 Å². The van der Waals surface area contributed by atoms with Gasteiger partial charge in [0.15, 0.2) is 5.75 Å². The summed E-state index contributed by atoms with van der Waals surface area (Å²) in [7, 11) is 1.71. The third-order valence-electron chi connectivity index (χ3n) is 5.15. The van der Waals surface area contributed by atoms with Crippen LogP contribution in [0.1, 0.15) is 23.2 Å². The normalized spacial score (nSPS) is 18.4. The molecule has 0 saturated carbocycles. The number of rotatable bonds is 3. The fraction of sp³-hybridized carbons (Fsp3) is 0.263. The molecule has 0 aliphatic heterocycles. The average Bonchev–Trinajstić information content (AvgIpc) is 3.04. The Morgan fingerprint density at radius 1 is 1.28 bits per heavy atom. The monoisotopic (exact) mass is 395 g/mol. The van der Waals surface area contributed by atoms with Crippen molar-refractivity contribution in [3.8, 4) is 11.8 Å². The van der Waals surface area contributed by atoms with Gasteiger partial charge in [0.2, 0.25) is 0 Å². The van der Waals surface area contributed by atoms with Crippen molar-refractivity contribution < 1.29 is 14.2 Å². The van der Waals surface area contributed by atoms with Crippen LogP contribution >= 0.6 is 0 Å². The molecular formula is C19H18FN7O2. The van der Waals surface area contributed by atoms with Crippen LogP contribution in [0, 0.1) is 12.7 Å². The summed E-state index contributed by atoms with van der Waals surface area (Å²) in [6.45, 7) is 1.76. The van der Waals surface area contributed by atoms with Crippen molar-refractivity contribution in [2.24, 2.45) is 5.73 Å². The van der Waals surface area contributed by atoms with E-state index in [1.807, 2.05) is 0 Å². The van der Waals surface area contributed by atoms with Crippen LogP contribution in [-0.4, -0.2) is 43.1 Å². The third-order valence-corrected chi connectivity index (χ3v) is 5.15. The molecular weight excluding hydrogens is 377 g/mol. The molecule has 1 aliphatic rings. The second-order valence-corrected chi connectivity index (χ2v) is 7.01. The number of anilines is 1. The van der Waals surface area contributed by atoms with Crippen molar-refractivity contribution in [2.75, 3.05) is 12.4 Å². The lowest BCUT2D eigenvalue weighted by molar-refractivity contribution is 0.143. The Hall–Kier alpha value is -3.37. The average molecular weight is 395 g/mol. The lowest BCUT2D eigenvalue weighted by atomic mass is 10.0. The second kappa shape index (κ2) is 6.33. The lowest BCUT2D eigenvalue weighted by Gasteiger charge is -2.17. The number of aromatic amines is 1. The van der Waals surface area contributed by atoms with Crippen LogP contribution in [-0.2, 0) is 6.42 Å². The number of aliphatic hydroxyl groups excluding tert-OH is 1. The molecule has 5 rings (SSSR count). The van der Waals surface area contributed by atoms with Gasteiger partial charge in [-0.05, 0) is 25.0 Å². The fourth-order valence-corrected chi connectivity index (χ4v) is 3.75. The van der Waals surface area contributed by atoms with Gasteiger partial charge in [0, 0.05) is 18.5 Å². The van der Waals surface area contributed by atoms with Crippen molar-refractivity contribution in [3.63, 3.8) is 0 Å². The van der Waals surface area contributed by atoms with Crippen LogP contribution in [0.3, 0.4) is 0 Å². The first-order chi connectivity index (χ1) is 14.0. The SMILES string of the molecule is CNc1cc(F)c2c3c1[nH]c1nc(Oc4cnc(C)nc4)nc(c13)C(O)C(N)C2. The van der Waals surface area contributed by atoms with Crippen LogP contribution in [0.5, 0.6) is 11.8 Å². The molecule has 2 unspecified atom stereocenters. The molecule has 29 heavy (non-hydrogen) atoms. The Morgan fingerprint density at radius 3 is 2.76 bits per heavy atom. The molecule has 3 aromatic heterocycles. The molecule has 0 spiro atoms. The van der Waals surface area contributed by atoms with Crippen LogP contribution in [0.4, 0.5) is 10.1 Å². The Morgan fingerprint density at radius 2 is 2.03 bits per heavy atom. The number of aromatic nitrogens is 5. The first kappa shape index (κ1) is 17.7. The molecule has 148 valence electrons. The second-order valence-electron chi connectivity index (χ2n) is 7.01. The fourth-order valence-electron chi connectivity index (χ4n) is 3.75. The van der Waals surface area contributed by atoms with Gasteiger partial charge in [-0.1, -0.05) is 0 Å². The summed E-state index contributed by atoms with van der Waals surface area (Å²) < 4.78 is 20.5. The van der Waals surface area contributed by atoms with Gasteiger partial charge in [0.1, 0.15) is 23.4 Å². The van der Waals surface area contributed by atoms with Crippen LogP contribution in [0.15, 0.2) is 18.5 Å². The van der Waals surface area contributed by atoms with Crippen molar-refractivity contribution >= 4 is 27.6 Å². The van der Waals surface area contributed by atoms with E-state index >= 15 is 0 Å². The maximum atomic E-state index is 14.8. The molecule has 2 atom stereocenters. The molecule has 3 heterocycles. The Kier molecular flexibility index (Phi) is 3.86. The van der Waals surface area contributed by atoms with E-state index < -0.39 is 18.0 Å². The number of hydrogen-bond donors (Lipinski definition) is 4. The largest absolute Gasteiger partial charge is 0.421 e. The minimum absolute atomic E-state index is 0.00712. The van der Waals surface area contributed by atoms with E-state index in [2.05, 4.69) is 30.2 Å². The van der Waals surface area contributed by atoms with Gasteiger partial charge in [0.25, 0.3) is 0 Å². The van der Waals surface area contributed by atoms with Gasteiger partial charge in [0.05, 0.1) is 34.7 Å². The van der Waals surface area contributed by atoms with Gasteiger partial charge >= 0.3 is 6.01 Å². The highest BCUT2D eigenvalue weighted by Gasteiger charge is 2.32. The molecule has 10 heteroatoms. The summed E-state index contributed by atoms with van der Waals surface area (Å²) in [6, 6.07) is 0.688. The molecule has 1 aromatic carbocycles. The minimum atomic E-state index is -1.11. The van der Waals surface area contributed by atoms with E-state index in [9.17, 15) is 9.50 Å². The van der Waals surface area contributed by atoms with Crippen molar-refractivity contribution in [1.82, 2.24) is 24.9 Å². The summed E-state index contributed by atoms with van der Waals surface area (Å²) in [5.41, 5.74) is 8.55. The zero-order valence-corrected chi connectivity index (χ0v) is 15.7. The number of hydrogen-bond acceptors (Lipinski definition) is 8. The zero-order chi connectivity index (χ0) is 20.3. The maximum absolute atomic E-state index is 14.8. The number of aliphatic hydroxyl groups is 1. The summed E-state index contributed by atoms with van der Waals surface area (Å²) in [6.07, 6.45) is 2.07. The smallest absolute Gasteiger partial charge is 0.324 e. The number of benzene rings is 1. The number of nitrogens with zero attached hydrogens (tertiary/aromatic N) is 4. The first-order valence-corrected chi connectivity index (χ1v) is 9.09. The molecule has 0 fully saturated rings. The van der Waals surface area contributed by atoms with E-state index in [-0.39, 0.29) is 12.4 Å². The number of nitrogens with two attached hydrogens (primary N) is 1. The standard InChI is InChI=1S/C19H18FN7O2/c1-7-23-5-8(6-24-7)29-19-26-16-14-13-9(3-11(21)17(16)28)10(20)4-12(22-2)15(13)25-18(14)27-19/h4-6,11,17,22,28H,3,21H2,1-2H3,(H,25,26,27). The molecule has 0 amide bonds. The quantitative estimate of drug-likeness (QED) is 0.414. The van der Waals surface area contributed by atoms with Gasteiger partial charge in [-0.3, -0.25) is 0 Å². The molecule has 0 saturated heterocycles. The topological polar surface area (TPSA) is 135 Å². The summed E-state index contributed by atoms with van der Waals surface area (Å²) >= 11 is 0. The van der Waals surface area contributed by atoms with Crippen molar-refractivity contribution in [3.05, 3.63) is 41.4 Å². The Labute approximate surface area is 164 Å². The van der Waals surface area contributed by atoms with Gasteiger partial charge in [-0.2, -0.15) is 9.97 Å². The number of nitrogens with one attached hydrogen (secondary N) is 2. The zero-order valence-electron chi connectivity index (χ0n) is 15.7. The van der Waals surface area contributed by atoms with Gasteiger partial charge in [-0.15, -0.1) is 0 Å². The van der Waals surface area contributed by atoms with Crippen LogP contribution in [0.2, 0.25) is 0 Å². The lowest BCUT2D eigenvalue weighted by Crippen LogP contribution is -2.30. The maximum Gasteiger partial charge on any atom is 0.324 e. The first-order valence-electron chi connectivity index (χ1n) is 9.09. The van der Waals surface area contributed by atoms with Crippen LogP contribution in [0.25, 0.3) is 21.9 Å². The summed E-state index contributed by atoms with van der Waals surface area (Å²) in [4.78, 5) is 20.2. The number of halogens is 1. The predicted molar refractivity (Wildman–Crippen MR) is 104 cm³/mol. The third kappa shape index (κ3) is 2.68. The highest BCUT2D eigenvalue weighted by atomic mass is 19.1. The molecule has 0 radical (unpaired) electrons. The Bertz CT molecular complexity index is 1260. The number of aryl methyl sites for hydroxylation is 1. The van der Waals surface area contributed by atoms with Crippen LogP contribution < -0.4 is 15.8 Å². The van der Waals surface area contributed by atoms with Gasteiger partial charge < -0.3 is 25.9 Å². The van der Waals surface area contributed by atoms with E-state index in [0.717, 1.165) is 0 Å².